The maximum atomic E-state index is 12.6. The molecule has 2 rings (SSSR count). The Kier molecular flexibility index (Phi) is 4.44. The molecule has 0 spiro atoms. The molecule has 0 aromatic carbocycles. The van der Waals surface area contributed by atoms with Crippen LogP contribution < -0.4 is 5.32 Å². The van der Waals surface area contributed by atoms with Crippen molar-refractivity contribution in [3.63, 3.8) is 0 Å². The van der Waals surface area contributed by atoms with Gasteiger partial charge in [-0.3, -0.25) is 14.9 Å². The van der Waals surface area contributed by atoms with Crippen molar-refractivity contribution >= 4 is 23.8 Å². The molecule has 0 aliphatic carbocycles. The van der Waals surface area contributed by atoms with Gasteiger partial charge in [0.2, 0.25) is 11.8 Å². The van der Waals surface area contributed by atoms with Crippen molar-refractivity contribution in [1.29, 1.82) is 0 Å². The zero-order valence-corrected chi connectivity index (χ0v) is 11.9. The number of nitrogens with one attached hydrogen (secondary N) is 1. The average Bonchev–Trinajstić information content (AvgIpc) is 2.67. The van der Waals surface area contributed by atoms with Crippen LogP contribution in [0.25, 0.3) is 0 Å². The summed E-state index contributed by atoms with van der Waals surface area (Å²) in [5, 5.41) is 11.4. The van der Waals surface area contributed by atoms with Crippen LogP contribution in [-0.4, -0.2) is 63.9 Å². The zero-order chi connectivity index (χ0) is 15.6. The molecule has 2 heterocycles. The first kappa shape index (κ1) is 15.3. The summed E-state index contributed by atoms with van der Waals surface area (Å²) in [7, 11) is 0. The molecule has 0 aromatic heterocycles. The Balaban J connectivity index is 2.20. The third-order valence-corrected chi connectivity index (χ3v) is 3.95. The van der Waals surface area contributed by atoms with Gasteiger partial charge in [0, 0.05) is 6.54 Å². The highest BCUT2D eigenvalue weighted by Gasteiger charge is 2.39. The lowest BCUT2D eigenvalue weighted by Gasteiger charge is -2.37. The fraction of sp³-hybridized carbons (Fsp3) is 0.692. The molecule has 2 saturated heterocycles. The minimum atomic E-state index is -1.05. The molecule has 8 nitrogen and oxygen atoms in total. The predicted octanol–water partition coefficient (Wildman–Crippen LogP) is -0.217. The number of aliphatic carboxylic acids is 1. The number of hydrogen-bond acceptors (Lipinski definition) is 4. The number of carboxylic acid groups (broad SMARTS) is 1. The Labute approximate surface area is 122 Å². The molecular formula is C13H19N3O5. The number of urea groups is 1. The van der Waals surface area contributed by atoms with Crippen LogP contribution in [0.4, 0.5) is 4.79 Å². The molecule has 2 unspecified atom stereocenters. The van der Waals surface area contributed by atoms with Gasteiger partial charge in [-0.1, -0.05) is 12.8 Å². The Bertz CT molecular complexity index is 478. The van der Waals surface area contributed by atoms with Gasteiger partial charge in [-0.15, -0.1) is 0 Å². The molecule has 2 aliphatic heterocycles. The lowest BCUT2D eigenvalue weighted by molar-refractivity contribution is -0.142. The summed E-state index contributed by atoms with van der Waals surface area (Å²) in [6.45, 7) is 1.62. The second kappa shape index (κ2) is 6.11. The zero-order valence-electron chi connectivity index (χ0n) is 11.9. The van der Waals surface area contributed by atoms with Gasteiger partial charge in [-0.2, -0.15) is 0 Å². The van der Waals surface area contributed by atoms with Crippen LogP contribution in [0.5, 0.6) is 0 Å². The fourth-order valence-electron chi connectivity index (χ4n) is 2.71. The number of hydrogen-bond donors (Lipinski definition) is 2. The summed E-state index contributed by atoms with van der Waals surface area (Å²) in [6.07, 6.45) is 2.72. The smallest absolute Gasteiger partial charge is 0.326 e. The molecule has 2 N–H and O–H groups in total. The molecule has 0 bridgehead atoms. The summed E-state index contributed by atoms with van der Waals surface area (Å²) in [5.74, 6) is -2.14. The Hall–Kier alpha value is -2.12. The molecule has 4 amide bonds. The van der Waals surface area contributed by atoms with E-state index in [9.17, 15) is 24.3 Å². The molecule has 2 atom stereocenters. The van der Waals surface area contributed by atoms with E-state index in [-0.39, 0.29) is 6.54 Å². The van der Waals surface area contributed by atoms with E-state index in [2.05, 4.69) is 5.32 Å². The molecular weight excluding hydrogens is 278 g/mol. The molecule has 116 valence electrons. The lowest BCUT2D eigenvalue weighted by Crippen LogP contribution is -2.62. The van der Waals surface area contributed by atoms with Crippen LogP contribution in [0.1, 0.15) is 32.6 Å². The highest BCUT2D eigenvalue weighted by molar-refractivity contribution is 6.04. The van der Waals surface area contributed by atoms with E-state index in [0.717, 1.165) is 24.2 Å². The van der Waals surface area contributed by atoms with Gasteiger partial charge in [-0.05, 0) is 19.8 Å². The first-order chi connectivity index (χ1) is 9.91. The van der Waals surface area contributed by atoms with Gasteiger partial charge >= 0.3 is 12.0 Å². The molecule has 0 saturated carbocycles. The molecule has 0 aromatic rings. The molecule has 0 radical (unpaired) electrons. The largest absolute Gasteiger partial charge is 0.480 e. The summed E-state index contributed by atoms with van der Waals surface area (Å²) >= 11 is 0. The van der Waals surface area contributed by atoms with Crippen LogP contribution in [0.2, 0.25) is 0 Å². The van der Waals surface area contributed by atoms with Crippen molar-refractivity contribution in [2.45, 2.75) is 44.7 Å². The maximum absolute atomic E-state index is 12.6. The molecule has 8 heteroatoms. The van der Waals surface area contributed by atoms with Gasteiger partial charge in [0.25, 0.3) is 0 Å². The number of rotatable bonds is 1. The second-order valence-electron chi connectivity index (χ2n) is 5.40. The van der Waals surface area contributed by atoms with Gasteiger partial charge in [0.05, 0.1) is 0 Å². The number of carboxylic acids is 1. The highest BCUT2D eigenvalue weighted by Crippen LogP contribution is 2.20. The quantitative estimate of drug-likeness (QED) is 0.651. The van der Waals surface area contributed by atoms with Gasteiger partial charge in [-0.25, -0.2) is 9.59 Å². The van der Waals surface area contributed by atoms with Crippen LogP contribution in [0, 0.1) is 0 Å². The third-order valence-electron chi connectivity index (χ3n) is 3.95. The molecule has 21 heavy (non-hydrogen) atoms. The minimum absolute atomic E-state index is 0.228. The Morgan fingerprint density at radius 3 is 2.57 bits per heavy atom. The minimum Gasteiger partial charge on any atom is -0.480 e. The number of amides is 4. The number of carbonyl (C=O) groups is 4. The van der Waals surface area contributed by atoms with Gasteiger partial charge in [0.1, 0.15) is 18.6 Å². The molecule has 2 aliphatic rings. The first-order valence-corrected chi connectivity index (χ1v) is 7.05. The summed E-state index contributed by atoms with van der Waals surface area (Å²) in [5.41, 5.74) is 0. The van der Waals surface area contributed by atoms with E-state index in [4.69, 9.17) is 0 Å². The van der Waals surface area contributed by atoms with E-state index in [1.54, 1.807) is 0 Å². The van der Waals surface area contributed by atoms with E-state index >= 15 is 0 Å². The number of likely N-dealkylation sites (tertiary alicyclic amines) is 1. The first-order valence-electron chi connectivity index (χ1n) is 7.05. The van der Waals surface area contributed by atoms with E-state index < -0.39 is 35.9 Å². The highest BCUT2D eigenvalue weighted by atomic mass is 16.4. The van der Waals surface area contributed by atoms with E-state index in [1.165, 1.54) is 11.8 Å². The van der Waals surface area contributed by atoms with Gasteiger partial charge < -0.3 is 14.9 Å². The topological polar surface area (TPSA) is 107 Å². The third kappa shape index (κ3) is 3.14. The van der Waals surface area contributed by atoms with Crippen LogP contribution >= 0.6 is 0 Å². The lowest BCUT2D eigenvalue weighted by atomic mass is 10.1. The normalized spacial score (nSPS) is 27.1. The summed E-state index contributed by atoms with van der Waals surface area (Å²) < 4.78 is 0. The van der Waals surface area contributed by atoms with Crippen molar-refractivity contribution in [3.05, 3.63) is 0 Å². The van der Waals surface area contributed by atoms with Crippen LogP contribution in [0.3, 0.4) is 0 Å². The van der Waals surface area contributed by atoms with Crippen molar-refractivity contribution in [2.75, 3.05) is 13.1 Å². The average molecular weight is 297 g/mol. The second-order valence-corrected chi connectivity index (χ2v) is 5.40. The SMILES string of the molecule is CC1C(=O)NC(=O)CN1C(=O)N1CCCCCC1C(=O)O. The summed E-state index contributed by atoms with van der Waals surface area (Å²) in [4.78, 5) is 49.4. The number of piperazine rings is 1. The van der Waals surface area contributed by atoms with E-state index in [1.807, 2.05) is 0 Å². The van der Waals surface area contributed by atoms with E-state index in [0.29, 0.717) is 13.0 Å². The Morgan fingerprint density at radius 2 is 1.90 bits per heavy atom. The summed E-state index contributed by atoms with van der Waals surface area (Å²) in [6, 6.07) is -2.24. The predicted molar refractivity (Wildman–Crippen MR) is 71.3 cm³/mol. The monoisotopic (exact) mass is 297 g/mol. The number of nitrogens with zero attached hydrogens (tertiary/aromatic N) is 2. The fourth-order valence-corrected chi connectivity index (χ4v) is 2.71. The van der Waals surface area contributed by atoms with Crippen LogP contribution in [-0.2, 0) is 14.4 Å². The van der Waals surface area contributed by atoms with Crippen LogP contribution in [0.15, 0.2) is 0 Å². The Morgan fingerprint density at radius 1 is 1.19 bits per heavy atom. The van der Waals surface area contributed by atoms with Gasteiger partial charge in [0.15, 0.2) is 0 Å². The number of carbonyl (C=O) groups excluding carboxylic acids is 3. The van der Waals surface area contributed by atoms with Crippen molar-refractivity contribution in [1.82, 2.24) is 15.1 Å². The van der Waals surface area contributed by atoms with Crippen molar-refractivity contribution in [3.8, 4) is 0 Å². The molecule has 2 fully saturated rings. The maximum Gasteiger partial charge on any atom is 0.326 e. The standard InChI is InChI=1S/C13H19N3O5/c1-8-11(18)14-10(17)7-16(8)13(21)15-6-4-2-3-5-9(15)12(19)20/h8-9H,2-7H2,1H3,(H,19,20)(H,14,17,18). The number of imide groups is 1. The van der Waals surface area contributed by atoms with Crippen molar-refractivity contribution in [2.24, 2.45) is 0 Å². The van der Waals surface area contributed by atoms with Crippen molar-refractivity contribution < 1.29 is 24.3 Å².